The normalized spacial score (nSPS) is 22.4. The summed E-state index contributed by atoms with van der Waals surface area (Å²) in [5, 5.41) is 19.1. The molecule has 1 aliphatic rings. The van der Waals surface area contributed by atoms with Gasteiger partial charge in [0.05, 0.1) is 17.4 Å². The molecule has 0 radical (unpaired) electrons. The minimum absolute atomic E-state index is 0.0272. The van der Waals surface area contributed by atoms with Crippen molar-refractivity contribution in [2.45, 2.75) is 91.9 Å². The number of ether oxygens (including phenoxy) is 3. The minimum atomic E-state index is -1.30. The fourth-order valence-corrected chi connectivity index (χ4v) is 4.81. The van der Waals surface area contributed by atoms with Crippen molar-refractivity contribution in [3.05, 3.63) is 0 Å². The molecule has 1 rings (SSSR count). The molecule has 3 atom stereocenters. The Kier molecular flexibility index (Phi) is 13.6. The smallest absolute Gasteiger partial charge is 0.312 e. The molecule has 9 heteroatoms. The summed E-state index contributed by atoms with van der Waals surface area (Å²) in [7, 11) is 0. The molecule has 0 saturated heterocycles. The second-order valence-electron chi connectivity index (χ2n) is 10.8. The average molecular weight is 515 g/mol. The van der Waals surface area contributed by atoms with Crippen LogP contribution in [0, 0.1) is 22.2 Å². The van der Waals surface area contributed by atoms with Gasteiger partial charge in [-0.1, -0.05) is 27.2 Å². The largest absolute Gasteiger partial charge is 0.465 e. The SMILES string of the molecule is CCC1CCC(C)(C(=O)OCC(CO)(COC(=O)CCCCO)COC(=O)CCCCC=O)C1(C)C. The third-order valence-electron chi connectivity index (χ3n) is 8.04. The number of carbonyl (C=O) groups excluding carboxylic acids is 4. The van der Waals surface area contributed by atoms with E-state index in [0.717, 1.165) is 19.1 Å². The molecule has 0 aromatic heterocycles. The number of unbranched alkanes of at least 4 members (excludes halogenated alkanes) is 3. The lowest BCUT2D eigenvalue weighted by molar-refractivity contribution is -0.174. The number of aliphatic hydroxyl groups excluding tert-OH is 2. The van der Waals surface area contributed by atoms with E-state index in [4.69, 9.17) is 19.3 Å². The second-order valence-corrected chi connectivity index (χ2v) is 10.8. The fraction of sp³-hybridized carbons (Fsp3) is 0.852. The molecule has 0 spiro atoms. The van der Waals surface area contributed by atoms with Crippen LogP contribution in [0.15, 0.2) is 0 Å². The van der Waals surface area contributed by atoms with Crippen LogP contribution in [0.4, 0.5) is 0 Å². The molecule has 0 aromatic carbocycles. The van der Waals surface area contributed by atoms with Gasteiger partial charge in [-0.15, -0.1) is 0 Å². The molecule has 36 heavy (non-hydrogen) atoms. The summed E-state index contributed by atoms with van der Waals surface area (Å²) in [6, 6.07) is 0. The molecular weight excluding hydrogens is 468 g/mol. The molecule has 208 valence electrons. The van der Waals surface area contributed by atoms with Crippen molar-refractivity contribution < 1.29 is 43.6 Å². The second kappa shape index (κ2) is 15.3. The molecule has 0 bridgehead atoms. The first kappa shape index (κ1) is 32.0. The van der Waals surface area contributed by atoms with E-state index in [-0.39, 0.29) is 50.7 Å². The maximum atomic E-state index is 13.3. The lowest BCUT2D eigenvalue weighted by atomic mass is 9.65. The van der Waals surface area contributed by atoms with Crippen molar-refractivity contribution in [3.8, 4) is 0 Å². The molecular formula is C27H46O9. The van der Waals surface area contributed by atoms with Crippen molar-refractivity contribution >= 4 is 24.2 Å². The summed E-state index contributed by atoms with van der Waals surface area (Å²) in [4.78, 5) is 48.1. The molecule has 2 N–H and O–H groups in total. The highest BCUT2D eigenvalue weighted by Crippen LogP contribution is 2.57. The van der Waals surface area contributed by atoms with Crippen LogP contribution in [0.5, 0.6) is 0 Å². The average Bonchev–Trinajstić information content (AvgIpc) is 3.10. The molecule has 0 aromatic rings. The molecule has 9 nitrogen and oxygen atoms in total. The van der Waals surface area contributed by atoms with E-state index >= 15 is 0 Å². The quantitative estimate of drug-likeness (QED) is 0.122. The van der Waals surface area contributed by atoms with Gasteiger partial charge in [-0.2, -0.15) is 0 Å². The van der Waals surface area contributed by atoms with Gasteiger partial charge in [0.1, 0.15) is 26.1 Å². The number of aldehydes is 1. The molecule has 0 heterocycles. The molecule has 3 unspecified atom stereocenters. The van der Waals surface area contributed by atoms with E-state index in [1.54, 1.807) is 0 Å². The maximum Gasteiger partial charge on any atom is 0.312 e. The predicted molar refractivity (Wildman–Crippen MR) is 133 cm³/mol. The third-order valence-corrected chi connectivity index (χ3v) is 8.04. The van der Waals surface area contributed by atoms with Gasteiger partial charge in [-0.3, -0.25) is 14.4 Å². The highest BCUT2D eigenvalue weighted by Gasteiger charge is 2.56. The highest BCUT2D eigenvalue weighted by molar-refractivity contribution is 5.78. The van der Waals surface area contributed by atoms with E-state index in [9.17, 15) is 24.3 Å². The third kappa shape index (κ3) is 8.83. The van der Waals surface area contributed by atoms with Crippen LogP contribution in [0.25, 0.3) is 0 Å². The van der Waals surface area contributed by atoms with E-state index in [1.807, 2.05) is 6.92 Å². The van der Waals surface area contributed by atoms with Crippen LogP contribution in [0.1, 0.15) is 91.9 Å². The standard InChI is InChI=1S/C27H46O9/c1-5-21-13-14-26(4,25(21,2)3)24(33)36-20-27(17-30,19-35-23(32)12-8-10-16-29)18-34-22(31)11-7-6-9-15-28/h15,21,29-30H,5-14,16-20H2,1-4H3. The lowest BCUT2D eigenvalue weighted by Gasteiger charge is -2.40. The van der Waals surface area contributed by atoms with Crippen LogP contribution < -0.4 is 0 Å². The van der Waals surface area contributed by atoms with Crippen molar-refractivity contribution in [1.82, 2.24) is 0 Å². The van der Waals surface area contributed by atoms with Gasteiger partial charge >= 0.3 is 17.9 Å². The zero-order chi connectivity index (χ0) is 27.2. The van der Waals surface area contributed by atoms with Crippen LogP contribution in [0.2, 0.25) is 0 Å². The number of hydrogen-bond acceptors (Lipinski definition) is 9. The van der Waals surface area contributed by atoms with E-state index in [1.165, 1.54) is 0 Å². The van der Waals surface area contributed by atoms with E-state index in [0.29, 0.717) is 44.4 Å². The fourth-order valence-electron chi connectivity index (χ4n) is 4.81. The summed E-state index contributed by atoms with van der Waals surface area (Å²) in [5.41, 5.74) is -2.27. The Morgan fingerprint density at radius 2 is 1.47 bits per heavy atom. The van der Waals surface area contributed by atoms with Gasteiger partial charge in [0.15, 0.2) is 0 Å². The first-order chi connectivity index (χ1) is 17.0. The summed E-state index contributed by atoms with van der Waals surface area (Å²) < 4.78 is 16.4. The van der Waals surface area contributed by atoms with Gasteiger partial charge < -0.3 is 29.2 Å². The summed E-state index contributed by atoms with van der Waals surface area (Å²) in [6.45, 7) is 6.78. The minimum Gasteiger partial charge on any atom is -0.465 e. The van der Waals surface area contributed by atoms with Crippen molar-refractivity contribution in [3.63, 3.8) is 0 Å². The Morgan fingerprint density at radius 3 is 1.94 bits per heavy atom. The first-order valence-corrected chi connectivity index (χ1v) is 13.2. The number of hydrogen-bond donors (Lipinski definition) is 2. The Morgan fingerprint density at radius 1 is 0.917 bits per heavy atom. The number of carbonyl (C=O) groups is 4. The van der Waals surface area contributed by atoms with Gasteiger partial charge in [0.25, 0.3) is 0 Å². The Labute approximate surface area is 215 Å². The molecule has 1 fully saturated rings. The van der Waals surface area contributed by atoms with Gasteiger partial charge in [-0.05, 0) is 56.8 Å². The molecule has 1 saturated carbocycles. The summed E-state index contributed by atoms with van der Waals surface area (Å²) >= 11 is 0. The number of rotatable bonds is 18. The lowest BCUT2D eigenvalue weighted by Crippen LogP contribution is -2.46. The molecule has 0 amide bonds. The number of aliphatic hydroxyl groups is 2. The maximum absolute atomic E-state index is 13.3. The Bertz CT molecular complexity index is 720. The Hall–Kier alpha value is -2.00. The highest BCUT2D eigenvalue weighted by atomic mass is 16.6. The van der Waals surface area contributed by atoms with Crippen LogP contribution >= 0.6 is 0 Å². The van der Waals surface area contributed by atoms with Gasteiger partial charge in [0.2, 0.25) is 0 Å². The molecule has 0 aliphatic heterocycles. The van der Waals surface area contributed by atoms with Crippen molar-refractivity contribution in [1.29, 1.82) is 0 Å². The zero-order valence-corrected chi connectivity index (χ0v) is 22.5. The monoisotopic (exact) mass is 514 g/mol. The van der Waals surface area contributed by atoms with Gasteiger partial charge in [0, 0.05) is 25.9 Å². The van der Waals surface area contributed by atoms with Crippen LogP contribution in [-0.4, -0.2) is 67.4 Å². The summed E-state index contributed by atoms with van der Waals surface area (Å²) in [6.07, 6.45) is 5.93. The van der Waals surface area contributed by atoms with Crippen molar-refractivity contribution in [2.24, 2.45) is 22.2 Å². The van der Waals surface area contributed by atoms with Crippen molar-refractivity contribution in [2.75, 3.05) is 33.0 Å². The zero-order valence-electron chi connectivity index (χ0n) is 22.5. The topological polar surface area (TPSA) is 136 Å². The molecule has 1 aliphatic carbocycles. The van der Waals surface area contributed by atoms with Crippen LogP contribution in [0.3, 0.4) is 0 Å². The van der Waals surface area contributed by atoms with E-state index < -0.39 is 29.4 Å². The number of esters is 3. The first-order valence-electron chi connectivity index (χ1n) is 13.2. The predicted octanol–water partition coefficient (Wildman–Crippen LogP) is 3.37. The van der Waals surface area contributed by atoms with Gasteiger partial charge in [-0.25, -0.2) is 0 Å². The van der Waals surface area contributed by atoms with E-state index in [2.05, 4.69) is 20.8 Å². The summed E-state index contributed by atoms with van der Waals surface area (Å²) in [5.74, 6) is -1.01. The van der Waals surface area contributed by atoms with Crippen LogP contribution in [-0.2, 0) is 33.4 Å². The Balaban J connectivity index is 2.88.